The molecule has 1 saturated heterocycles. The number of aromatic amines is 1. The lowest BCUT2D eigenvalue weighted by atomic mass is 9.82. The third-order valence-electron chi connectivity index (χ3n) is 8.25. The number of H-pyrrole nitrogens is 1. The summed E-state index contributed by atoms with van der Waals surface area (Å²) < 4.78 is 0. The van der Waals surface area contributed by atoms with Crippen LogP contribution in [0.4, 0.5) is 0 Å². The molecule has 1 aromatic heterocycles. The molecule has 3 aliphatic rings. The molecule has 1 atom stereocenters. The Morgan fingerprint density at radius 1 is 1.12 bits per heavy atom. The molecule has 5 nitrogen and oxygen atoms in total. The van der Waals surface area contributed by atoms with Gasteiger partial charge in [0.25, 0.3) is 5.56 Å². The predicted octanol–water partition coefficient (Wildman–Crippen LogP) is 4.99. The summed E-state index contributed by atoms with van der Waals surface area (Å²) in [6.45, 7) is 2.99. The normalized spacial score (nSPS) is 21.8. The van der Waals surface area contributed by atoms with Crippen molar-refractivity contribution in [3.63, 3.8) is 0 Å². The number of hydrogen-bond acceptors (Lipinski definition) is 4. The van der Waals surface area contributed by atoms with Crippen molar-refractivity contribution in [2.24, 2.45) is 11.1 Å². The first-order valence-corrected chi connectivity index (χ1v) is 12.4. The molecule has 4 N–H and O–H groups in total. The van der Waals surface area contributed by atoms with E-state index < -0.39 is 0 Å². The Balaban J connectivity index is 1.46. The van der Waals surface area contributed by atoms with Crippen molar-refractivity contribution in [2.45, 2.75) is 64.3 Å². The molecule has 1 saturated carbocycles. The van der Waals surface area contributed by atoms with E-state index in [1.165, 1.54) is 47.9 Å². The summed E-state index contributed by atoms with van der Waals surface area (Å²) in [4.78, 5) is 20.8. The van der Waals surface area contributed by atoms with Crippen LogP contribution in [0.15, 0.2) is 41.2 Å². The van der Waals surface area contributed by atoms with Crippen molar-refractivity contribution in [1.29, 1.82) is 0 Å². The molecular weight excluding hydrogens is 408 g/mol. The molecule has 33 heavy (non-hydrogen) atoms. The van der Waals surface area contributed by atoms with Gasteiger partial charge in [-0.15, -0.1) is 0 Å². The van der Waals surface area contributed by atoms with Gasteiger partial charge < -0.3 is 16.0 Å². The average molecular weight is 441 g/mol. The smallest absolute Gasteiger partial charge is 0.258 e. The molecule has 2 fully saturated rings. The van der Waals surface area contributed by atoms with Gasteiger partial charge in [0.15, 0.2) is 0 Å². The van der Waals surface area contributed by atoms with Crippen LogP contribution in [0.5, 0.6) is 0 Å². The van der Waals surface area contributed by atoms with Crippen LogP contribution in [0.3, 0.4) is 0 Å². The van der Waals surface area contributed by atoms with Gasteiger partial charge >= 0.3 is 0 Å². The summed E-state index contributed by atoms with van der Waals surface area (Å²) in [5.41, 5.74) is 14.7. The molecule has 0 amide bonds. The van der Waals surface area contributed by atoms with Crippen LogP contribution < -0.4 is 16.6 Å². The van der Waals surface area contributed by atoms with Crippen LogP contribution in [-0.2, 0) is 12.8 Å². The first-order chi connectivity index (χ1) is 16.1. The van der Waals surface area contributed by atoms with E-state index in [9.17, 15) is 4.79 Å². The molecule has 170 valence electrons. The Kier molecular flexibility index (Phi) is 4.91. The zero-order chi connectivity index (χ0) is 22.6. The maximum absolute atomic E-state index is 13.0. The number of fused-ring (bicyclic) bond motifs is 2. The van der Waals surface area contributed by atoms with E-state index in [1.807, 2.05) is 25.1 Å². The highest BCUT2D eigenvalue weighted by Crippen LogP contribution is 2.52. The molecular formula is C28H32N4O. The van der Waals surface area contributed by atoms with Crippen molar-refractivity contribution in [3.05, 3.63) is 69.3 Å². The molecule has 6 rings (SSSR count). The van der Waals surface area contributed by atoms with E-state index in [4.69, 9.17) is 10.7 Å². The second-order valence-electron chi connectivity index (χ2n) is 10.3. The van der Waals surface area contributed by atoms with Crippen molar-refractivity contribution >= 4 is 16.6 Å². The standard InChI is InChI=1S/C28H32N4O/c1-2-23(29)19-9-8-18(21-15-28(16-22(19)21)11-3-4-12-28)17-7-10-24-20(14-17)27(33)32-26(31-24)25-6-5-13-30-25/h2,7-10,14,25,30H,3-6,11-13,15-16,29H2,1H3,(H,31,32,33)/b23-2-/t25-/m0/s1. The molecule has 0 radical (unpaired) electrons. The Bertz CT molecular complexity index is 1320. The van der Waals surface area contributed by atoms with Gasteiger partial charge in [-0.25, -0.2) is 4.98 Å². The Morgan fingerprint density at radius 2 is 1.94 bits per heavy atom. The van der Waals surface area contributed by atoms with Gasteiger partial charge in [-0.05, 0) is 91.8 Å². The highest BCUT2D eigenvalue weighted by atomic mass is 16.1. The summed E-state index contributed by atoms with van der Waals surface area (Å²) in [5, 5.41) is 4.09. The molecule has 1 aliphatic heterocycles. The van der Waals surface area contributed by atoms with Gasteiger partial charge in [-0.3, -0.25) is 4.79 Å². The summed E-state index contributed by atoms with van der Waals surface area (Å²) in [6, 6.07) is 10.7. The molecule has 5 heteroatoms. The SMILES string of the molecule is C/C=C(\N)c1ccc(-c2ccc3nc([C@@H]4CCCN4)[nH]c(=O)c3c2)c2c1CC1(CCCC1)C2. The summed E-state index contributed by atoms with van der Waals surface area (Å²) in [5.74, 6) is 0.757. The number of nitrogens with one attached hydrogen (secondary N) is 2. The number of nitrogens with zero attached hydrogens (tertiary/aromatic N) is 1. The van der Waals surface area contributed by atoms with E-state index in [1.54, 1.807) is 0 Å². The van der Waals surface area contributed by atoms with Gasteiger partial charge in [-0.1, -0.05) is 37.1 Å². The van der Waals surface area contributed by atoms with Crippen LogP contribution in [-0.4, -0.2) is 16.5 Å². The Hall–Kier alpha value is -2.92. The lowest BCUT2D eigenvalue weighted by molar-refractivity contribution is 0.318. The summed E-state index contributed by atoms with van der Waals surface area (Å²) in [7, 11) is 0. The number of benzene rings is 2. The molecule has 2 heterocycles. The molecule has 2 aromatic carbocycles. The van der Waals surface area contributed by atoms with Gasteiger partial charge in [0.1, 0.15) is 5.82 Å². The van der Waals surface area contributed by atoms with Crippen LogP contribution in [0, 0.1) is 5.41 Å². The third kappa shape index (κ3) is 3.41. The van der Waals surface area contributed by atoms with E-state index in [-0.39, 0.29) is 11.6 Å². The predicted molar refractivity (Wildman–Crippen MR) is 134 cm³/mol. The summed E-state index contributed by atoms with van der Waals surface area (Å²) in [6.07, 6.45) is 11.6. The van der Waals surface area contributed by atoms with E-state index in [0.29, 0.717) is 10.8 Å². The fraction of sp³-hybridized carbons (Fsp3) is 0.429. The third-order valence-corrected chi connectivity index (χ3v) is 8.25. The first-order valence-electron chi connectivity index (χ1n) is 12.4. The summed E-state index contributed by atoms with van der Waals surface area (Å²) >= 11 is 0. The number of rotatable bonds is 3. The topological polar surface area (TPSA) is 83.8 Å². The van der Waals surface area contributed by atoms with Crippen LogP contribution in [0.25, 0.3) is 27.7 Å². The van der Waals surface area contributed by atoms with Gasteiger partial charge in [0, 0.05) is 11.3 Å². The molecule has 0 unspecified atom stereocenters. The fourth-order valence-corrected chi connectivity index (χ4v) is 6.49. The first kappa shape index (κ1) is 20.7. The second kappa shape index (κ2) is 7.84. The van der Waals surface area contributed by atoms with Gasteiger partial charge in [-0.2, -0.15) is 0 Å². The molecule has 3 aromatic rings. The second-order valence-corrected chi connectivity index (χ2v) is 10.3. The van der Waals surface area contributed by atoms with Crippen molar-refractivity contribution in [1.82, 2.24) is 15.3 Å². The minimum Gasteiger partial charge on any atom is -0.399 e. The maximum Gasteiger partial charge on any atom is 0.258 e. The maximum atomic E-state index is 13.0. The highest BCUT2D eigenvalue weighted by Gasteiger charge is 2.41. The molecule has 0 bridgehead atoms. The largest absolute Gasteiger partial charge is 0.399 e. The zero-order valence-corrected chi connectivity index (χ0v) is 19.3. The quantitative estimate of drug-likeness (QED) is 0.536. The minimum atomic E-state index is -0.0516. The number of nitrogens with two attached hydrogens (primary N) is 1. The minimum absolute atomic E-state index is 0.0516. The molecule has 1 spiro atoms. The Labute approximate surface area is 194 Å². The lowest BCUT2D eigenvalue weighted by Gasteiger charge is -2.22. The van der Waals surface area contributed by atoms with Gasteiger partial charge in [0.2, 0.25) is 0 Å². The van der Waals surface area contributed by atoms with Crippen molar-refractivity contribution in [3.8, 4) is 11.1 Å². The van der Waals surface area contributed by atoms with Gasteiger partial charge in [0.05, 0.1) is 16.9 Å². The van der Waals surface area contributed by atoms with Crippen LogP contribution >= 0.6 is 0 Å². The van der Waals surface area contributed by atoms with Crippen molar-refractivity contribution < 1.29 is 0 Å². The van der Waals surface area contributed by atoms with Crippen LogP contribution in [0.1, 0.15) is 74.0 Å². The van der Waals surface area contributed by atoms with Crippen molar-refractivity contribution in [2.75, 3.05) is 6.54 Å². The fourth-order valence-electron chi connectivity index (χ4n) is 6.49. The average Bonchev–Trinajstić information content (AvgIpc) is 3.59. The number of aromatic nitrogens is 2. The molecule has 2 aliphatic carbocycles. The monoisotopic (exact) mass is 440 g/mol. The lowest BCUT2D eigenvalue weighted by Crippen LogP contribution is -2.20. The zero-order valence-electron chi connectivity index (χ0n) is 19.3. The van der Waals surface area contributed by atoms with Crippen LogP contribution in [0.2, 0.25) is 0 Å². The van der Waals surface area contributed by atoms with E-state index in [2.05, 4.69) is 28.5 Å². The van der Waals surface area contributed by atoms with E-state index in [0.717, 1.165) is 54.8 Å². The van der Waals surface area contributed by atoms with E-state index >= 15 is 0 Å². The Morgan fingerprint density at radius 3 is 2.70 bits per heavy atom. The number of allylic oxidation sites excluding steroid dienone is 1. The number of hydrogen-bond donors (Lipinski definition) is 3. The highest BCUT2D eigenvalue weighted by molar-refractivity contribution is 5.86.